The number of aliphatic hydroxyl groups is 1. The van der Waals surface area contributed by atoms with Gasteiger partial charge in [-0.15, -0.1) is 0 Å². The standard InChI is InChI=1S/C22H26N2O5/c1-4-21-11-22(20(26)28-3)24-15-9-12(27-2)5-6-13(15)14-7-8-23(18(21)17(14)24)10-16(25)19(21)29-22/h5-6,9,16,18-19,25H,4,7-8,10-11H2,1-3H3/t16-,18+,19-,21-,22-/m1/s1. The van der Waals surface area contributed by atoms with Crippen molar-refractivity contribution in [3.05, 3.63) is 29.5 Å². The second-order valence-corrected chi connectivity index (χ2v) is 8.88. The Morgan fingerprint density at radius 3 is 2.93 bits per heavy atom. The quantitative estimate of drug-likeness (QED) is 0.797. The van der Waals surface area contributed by atoms with E-state index in [4.69, 9.17) is 14.2 Å². The number of esters is 1. The van der Waals surface area contributed by atoms with Crippen molar-refractivity contribution >= 4 is 16.9 Å². The topological polar surface area (TPSA) is 73.2 Å². The predicted molar refractivity (Wildman–Crippen MR) is 105 cm³/mol. The molecule has 1 aromatic heterocycles. The fraction of sp³-hybridized carbons (Fsp3) is 0.591. The number of aromatic nitrogens is 1. The van der Waals surface area contributed by atoms with E-state index < -0.39 is 17.8 Å². The minimum absolute atomic E-state index is 0.128. The molecule has 7 heteroatoms. The number of ether oxygens (including phenoxy) is 3. The molecule has 154 valence electrons. The van der Waals surface area contributed by atoms with E-state index in [1.54, 1.807) is 7.11 Å². The molecule has 7 nitrogen and oxygen atoms in total. The third-order valence-electron chi connectivity index (χ3n) is 7.89. The molecule has 5 heterocycles. The van der Waals surface area contributed by atoms with E-state index in [-0.39, 0.29) is 17.6 Å². The Labute approximate surface area is 169 Å². The van der Waals surface area contributed by atoms with Crippen molar-refractivity contribution in [1.29, 1.82) is 0 Å². The van der Waals surface area contributed by atoms with Gasteiger partial charge in [-0.05, 0) is 30.5 Å². The van der Waals surface area contributed by atoms with Crippen molar-refractivity contribution in [2.45, 2.75) is 50.2 Å². The molecule has 0 unspecified atom stereocenters. The Bertz CT molecular complexity index is 1050. The lowest BCUT2D eigenvalue weighted by atomic mass is 9.62. The van der Waals surface area contributed by atoms with Gasteiger partial charge in [0.15, 0.2) is 0 Å². The molecule has 2 saturated heterocycles. The van der Waals surface area contributed by atoms with Crippen molar-refractivity contribution in [1.82, 2.24) is 9.47 Å². The van der Waals surface area contributed by atoms with Gasteiger partial charge >= 0.3 is 5.97 Å². The molecule has 2 fully saturated rings. The third-order valence-corrected chi connectivity index (χ3v) is 7.89. The highest BCUT2D eigenvalue weighted by molar-refractivity contribution is 5.91. The van der Waals surface area contributed by atoms with Gasteiger partial charge in [-0.25, -0.2) is 4.79 Å². The number of hydrogen-bond donors (Lipinski definition) is 1. The van der Waals surface area contributed by atoms with Crippen LogP contribution in [0, 0.1) is 5.41 Å². The van der Waals surface area contributed by atoms with Crippen molar-refractivity contribution in [2.24, 2.45) is 5.41 Å². The highest BCUT2D eigenvalue weighted by atomic mass is 16.6. The summed E-state index contributed by atoms with van der Waals surface area (Å²) in [4.78, 5) is 15.7. The monoisotopic (exact) mass is 398 g/mol. The van der Waals surface area contributed by atoms with Crippen LogP contribution < -0.4 is 4.74 Å². The Morgan fingerprint density at radius 1 is 1.38 bits per heavy atom. The minimum Gasteiger partial charge on any atom is -0.497 e. The van der Waals surface area contributed by atoms with Crippen molar-refractivity contribution in [3.63, 3.8) is 0 Å². The molecule has 0 saturated carbocycles. The Balaban J connectivity index is 1.75. The second-order valence-electron chi connectivity index (χ2n) is 8.88. The van der Waals surface area contributed by atoms with Crippen LogP contribution in [0.25, 0.3) is 10.9 Å². The summed E-state index contributed by atoms with van der Waals surface area (Å²) < 4.78 is 19.4. The maximum atomic E-state index is 13.3. The fourth-order valence-corrected chi connectivity index (χ4v) is 6.80. The highest BCUT2D eigenvalue weighted by Gasteiger charge is 2.72. The van der Waals surface area contributed by atoms with Gasteiger partial charge in [0.25, 0.3) is 0 Å². The highest BCUT2D eigenvalue weighted by Crippen LogP contribution is 2.67. The van der Waals surface area contributed by atoms with Crippen LogP contribution in [0.15, 0.2) is 18.2 Å². The zero-order valence-electron chi connectivity index (χ0n) is 17.0. The molecule has 0 aliphatic carbocycles. The van der Waals surface area contributed by atoms with Gasteiger partial charge in [0, 0.05) is 42.1 Å². The lowest BCUT2D eigenvalue weighted by molar-refractivity contribution is -0.191. The molecule has 0 radical (unpaired) electrons. The first-order valence-corrected chi connectivity index (χ1v) is 10.4. The van der Waals surface area contributed by atoms with Crippen molar-refractivity contribution < 1.29 is 24.1 Å². The Kier molecular flexibility index (Phi) is 3.38. The zero-order chi connectivity index (χ0) is 20.1. The SMILES string of the molecule is CC[C@]12C[C@]3(C(=O)OC)O[C@@H]1[C@H](O)CN1CCc4c(n3c3cc(OC)ccc43)[C@H]12. The van der Waals surface area contributed by atoms with E-state index >= 15 is 0 Å². The molecule has 4 aliphatic heterocycles. The van der Waals surface area contributed by atoms with Gasteiger partial charge in [0.1, 0.15) is 5.75 Å². The van der Waals surface area contributed by atoms with Gasteiger partial charge in [0.05, 0.1) is 38.0 Å². The molecule has 0 spiro atoms. The Hall–Kier alpha value is -2.09. The van der Waals surface area contributed by atoms with E-state index in [0.717, 1.165) is 41.7 Å². The zero-order valence-corrected chi connectivity index (χ0v) is 17.0. The first-order valence-electron chi connectivity index (χ1n) is 10.4. The number of rotatable bonds is 3. The average Bonchev–Trinajstić information content (AvgIpc) is 3.25. The van der Waals surface area contributed by atoms with Crippen LogP contribution in [0.1, 0.15) is 37.1 Å². The van der Waals surface area contributed by atoms with E-state index in [1.807, 2.05) is 12.1 Å². The van der Waals surface area contributed by atoms with E-state index in [2.05, 4.69) is 22.5 Å². The summed E-state index contributed by atoms with van der Waals surface area (Å²) in [5.74, 6) is 0.346. The maximum Gasteiger partial charge on any atom is 0.360 e. The molecule has 1 aromatic carbocycles. The average molecular weight is 398 g/mol. The summed E-state index contributed by atoms with van der Waals surface area (Å²) in [5, 5.41) is 12.1. The number of carbonyl (C=O) groups excluding carboxylic acids is 1. The normalized spacial score (nSPS) is 37.0. The molecule has 1 N–H and O–H groups in total. The second kappa shape index (κ2) is 5.53. The van der Waals surface area contributed by atoms with Crippen LogP contribution in [0.2, 0.25) is 0 Å². The predicted octanol–water partition coefficient (Wildman–Crippen LogP) is 1.95. The number of methoxy groups -OCH3 is 2. The van der Waals surface area contributed by atoms with Crippen LogP contribution in [0.3, 0.4) is 0 Å². The molecular weight excluding hydrogens is 372 g/mol. The molecular formula is C22H26N2O5. The van der Waals surface area contributed by atoms with Crippen molar-refractivity contribution in [3.8, 4) is 5.75 Å². The van der Waals surface area contributed by atoms with Gasteiger partial charge in [-0.3, -0.25) is 4.90 Å². The number of aliphatic hydroxyl groups excluding tert-OH is 1. The minimum atomic E-state index is -1.25. The maximum absolute atomic E-state index is 13.3. The smallest absolute Gasteiger partial charge is 0.360 e. The summed E-state index contributed by atoms with van der Waals surface area (Å²) in [6.45, 7) is 3.62. The van der Waals surface area contributed by atoms with Crippen LogP contribution in [0.5, 0.6) is 5.75 Å². The van der Waals surface area contributed by atoms with Gasteiger partial charge in [-0.2, -0.15) is 0 Å². The first kappa shape index (κ1) is 17.7. The lowest BCUT2D eigenvalue weighted by Crippen LogP contribution is -2.61. The van der Waals surface area contributed by atoms with Crippen LogP contribution >= 0.6 is 0 Å². The Morgan fingerprint density at radius 2 is 2.21 bits per heavy atom. The number of hydrogen-bond acceptors (Lipinski definition) is 6. The van der Waals surface area contributed by atoms with Gasteiger partial charge in [-0.1, -0.05) is 6.92 Å². The summed E-state index contributed by atoms with van der Waals surface area (Å²) in [6.07, 6.45) is 1.22. The largest absolute Gasteiger partial charge is 0.497 e. The van der Waals surface area contributed by atoms with E-state index in [1.165, 1.54) is 12.7 Å². The number of piperidine rings is 1. The number of benzene rings is 1. The molecule has 6 rings (SSSR count). The van der Waals surface area contributed by atoms with Crippen LogP contribution in [-0.2, 0) is 26.4 Å². The van der Waals surface area contributed by atoms with E-state index in [9.17, 15) is 9.90 Å². The summed E-state index contributed by atoms with van der Waals surface area (Å²) in [5.41, 5.74) is 1.82. The number of carbonyl (C=O) groups is 1. The van der Waals surface area contributed by atoms with E-state index in [0.29, 0.717) is 13.0 Å². The van der Waals surface area contributed by atoms with Gasteiger partial charge in [0.2, 0.25) is 5.72 Å². The molecule has 0 amide bonds. The number of fused-ring (bicyclic) bond motifs is 5. The van der Waals surface area contributed by atoms with Crippen LogP contribution in [0.4, 0.5) is 0 Å². The first-order chi connectivity index (χ1) is 14.0. The molecule has 2 bridgehead atoms. The summed E-state index contributed by atoms with van der Waals surface area (Å²) >= 11 is 0. The molecule has 4 aliphatic rings. The number of nitrogens with zero attached hydrogens (tertiary/aromatic N) is 2. The summed E-state index contributed by atoms with van der Waals surface area (Å²) in [7, 11) is 3.06. The lowest BCUT2D eigenvalue weighted by Gasteiger charge is -2.55. The summed E-state index contributed by atoms with van der Waals surface area (Å²) in [6, 6.07) is 6.19. The van der Waals surface area contributed by atoms with Crippen molar-refractivity contribution in [2.75, 3.05) is 27.3 Å². The fourth-order valence-electron chi connectivity index (χ4n) is 6.80. The van der Waals surface area contributed by atoms with Gasteiger partial charge < -0.3 is 23.9 Å². The third kappa shape index (κ3) is 1.83. The molecule has 29 heavy (non-hydrogen) atoms. The molecule has 2 aromatic rings. The molecule has 5 atom stereocenters. The van der Waals surface area contributed by atoms with Crippen LogP contribution in [-0.4, -0.2) is 60.1 Å².